The normalized spacial score (nSPS) is 21.5. The molecular formula is C26H32Cl2. The Kier molecular flexibility index (Phi) is 8.49. The van der Waals surface area contributed by atoms with Crippen molar-refractivity contribution in [2.24, 2.45) is 5.92 Å². The van der Waals surface area contributed by atoms with Gasteiger partial charge in [0.05, 0.1) is 0 Å². The van der Waals surface area contributed by atoms with Crippen LogP contribution in [0.3, 0.4) is 0 Å². The number of aryl methyl sites for hydroxylation is 1. The number of halogens is 2. The lowest BCUT2D eigenvalue weighted by atomic mass is 9.86. The maximum atomic E-state index is 6.54. The Morgan fingerprint density at radius 3 is 2.61 bits per heavy atom. The molecule has 1 atom stereocenters. The van der Waals surface area contributed by atoms with Gasteiger partial charge in [-0.25, -0.2) is 0 Å². The predicted molar refractivity (Wildman–Crippen MR) is 124 cm³/mol. The molecule has 2 heteroatoms. The summed E-state index contributed by atoms with van der Waals surface area (Å²) in [7, 11) is 0. The van der Waals surface area contributed by atoms with Crippen molar-refractivity contribution >= 4 is 23.2 Å². The van der Waals surface area contributed by atoms with E-state index in [-0.39, 0.29) is 0 Å². The first-order valence-electron chi connectivity index (χ1n) is 10.7. The molecule has 0 aromatic heterocycles. The SMILES string of the molecule is C=C1CC=C(Cl)C(CCC2CCC=C(CCc3ccccc3)CCC2)=C(Cl)C1. The molecule has 0 bridgehead atoms. The fourth-order valence-corrected chi connectivity index (χ4v) is 5.06. The van der Waals surface area contributed by atoms with Crippen LogP contribution in [0.4, 0.5) is 0 Å². The van der Waals surface area contributed by atoms with Crippen LogP contribution in [0.5, 0.6) is 0 Å². The van der Waals surface area contributed by atoms with Gasteiger partial charge in [0.2, 0.25) is 0 Å². The van der Waals surface area contributed by atoms with Crippen LogP contribution >= 0.6 is 23.2 Å². The second-order valence-electron chi connectivity index (χ2n) is 8.29. The van der Waals surface area contributed by atoms with E-state index >= 15 is 0 Å². The number of hydrogen-bond acceptors (Lipinski definition) is 0. The summed E-state index contributed by atoms with van der Waals surface area (Å²) in [6.45, 7) is 4.08. The number of rotatable bonds is 6. The molecule has 0 heterocycles. The molecule has 1 unspecified atom stereocenters. The van der Waals surface area contributed by atoms with Crippen LogP contribution in [0.15, 0.2) is 75.8 Å². The minimum absolute atomic E-state index is 0.778. The number of allylic oxidation sites excluding steroid dienone is 7. The van der Waals surface area contributed by atoms with Crippen LogP contribution in [-0.2, 0) is 6.42 Å². The molecule has 0 saturated heterocycles. The third-order valence-corrected chi connectivity index (χ3v) is 6.83. The third-order valence-electron chi connectivity index (χ3n) is 6.09. The highest BCUT2D eigenvalue weighted by Gasteiger charge is 2.17. The molecular weight excluding hydrogens is 383 g/mol. The molecule has 0 saturated carbocycles. The van der Waals surface area contributed by atoms with E-state index in [1.165, 1.54) is 56.9 Å². The van der Waals surface area contributed by atoms with Crippen molar-refractivity contribution in [2.75, 3.05) is 0 Å². The summed E-state index contributed by atoms with van der Waals surface area (Å²) < 4.78 is 0. The van der Waals surface area contributed by atoms with Crippen molar-refractivity contribution < 1.29 is 0 Å². The van der Waals surface area contributed by atoms with Gasteiger partial charge in [-0.05, 0) is 74.8 Å². The van der Waals surface area contributed by atoms with E-state index in [1.54, 1.807) is 5.57 Å². The smallest absolute Gasteiger partial charge is 0.0413 e. The summed E-state index contributed by atoms with van der Waals surface area (Å²) >= 11 is 13.0. The van der Waals surface area contributed by atoms with E-state index in [0.717, 1.165) is 46.4 Å². The summed E-state index contributed by atoms with van der Waals surface area (Å²) in [5, 5.41) is 1.75. The lowest BCUT2D eigenvalue weighted by Gasteiger charge is -2.21. The van der Waals surface area contributed by atoms with Crippen molar-refractivity contribution in [2.45, 2.75) is 70.6 Å². The van der Waals surface area contributed by atoms with Gasteiger partial charge >= 0.3 is 0 Å². The minimum Gasteiger partial charge on any atom is -0.0992 e. The maximum absolute atomic E-state index is 6.54. The summed E-state index contributed by atoms with van der Waals surface area (Å²) in [5.74, 6) is 0.778. The average molecular weight is 415 g/mol. The van der Waals surface area contributed by atoms with Gasteiger partial charge in [0.15, 0.2) is 0 Å². The molecule has 0 amide bonds. The van der Waals surface area contributed by atoms with Crippen molar-refractivity contribution in [3.05, 3.63) is 81.4 Å². The van der Waals surface area contributed by atoms with Gasteiger partial charge in [0, 0.05) is 16.5 Å². The molecule has 0 radical (unpaired) electrons. The van der Waals surface area contributed by atoms with Crippen LogP contribution in [0.1, 0.15) is 69.8 Å². The van der Waals surface area contributed by atoms with E-state index in [2.05, 4.69) is 49.1 Å². The zero-order valence-electron chi connectivity index (χ0n) is 16.9. The Morgan fingerprint density at radius 1 is 0.964 bits per heavy atom. The van der Waals surface area contributed by atoms with Crippen molar-refractivity contribution in [3.8, 4) is 0 Å². The monoisotopic (exact) mass is 414 g/mol. The first-order valence-corrected chi connectivity index (χ1v) is 11.5. The highest BCUT2D eigenvalue weighted by Crippen LogP contribution is 2.36. The molecule has 28 heavy (non-hydrogen) atoms. The standard InChI is InChI=1S/C26H32Cl2/c1-20-13-18-25(27)24(26(28)19-20)17-16-23-11-5-9-22(10-6-12-23)15-14-21-7-3-2-4-8-21/h2-4,7-9,18,23H,1,5-6,10-17,19H2. The van der Waals surface area contributed by atoms with E-state index in [9.17, 15) is 0 Å². The summed E-state index contributed by atoms with van der Waals surface area (Å²) in [4.78, 5) is 0. The third kappa shape index (κ3) is 6.68. The molecule has 0 nitrogen and oxygen atoms in total. The van der Waals surface area contributed by atoms with Crippen LogP contribution in [0.2, 0.25) is 0 Å². The minimum atomic E-state index is 0.778. The molecule has 0 N–H and O–H groups in total. The van der Waals surface area contributed by atoms with E-state index in [0.29, 0.717) is 0 Å². The molecule has 150 valence electrons. The molecule has 0 aliphatic heterocycles. The van der Waals surface area contributed by atoms with Gasteiger partial charge in [-0.15, -0.1) is 0 Å². The average Bonchev–Trinajstić information content (AvgIpc) is 2.79. The number of benzene rings is 1. The van der Waals surface area contributed by atoms with Crippen LogP contribution in [0, 0.1) is 5.92 Å². The first-order chi connectivity index (χ1) is 13.6. The van der Waals surface area contributed by atoms with E-state index < -0.39 is 0 Å². The Hall–Kier alpha value is -1.24. The predicted octanol–water partition coefficient (Wildman–Crippen LogP) is 8.87. The van der Waals surface area contributed by atoms with Gasteiger partial charge in [0.1, 0.15) is 0 Å². The molecule has 3 rings (SSSR count). The fourth-order valence-electron chi connectivity index (χ4n) is 4.34. The summed E-state index contributed by atoms with van der Waals surface area (Å²) in [6, 6.07) is 10.8. The zero-order chi connectivity index (χ0) is 19.8. The topological polar surface area (TPSA) is 0 Å². The van der Waals surface area contributed by atoms with Gasteiger partial charge in [-0.3, -0.25) is 0 Å². The molecule has 0 spiro atoms. The van der Waals surface area contributed by atoms with Crippen molar-refractivity contribution in [1.29, 1.82) is 0 Å². The van der Waals surface area contributed by atoms with Crippen LogP contribution in [-0.4, -0.2) is 0 Å². The molecule has 1 aromatic rings. The van der Waals surface area contributed by atoms with Gasteiger partial charge in [0.25, 0.3) is 0 Å². The highest BCUT2D eigenvalue weighted by atomic mass is 35.5. The van der Waals surface area contributed by atoms with E-state index in [1.807, 2.05) is 0 Å². The molecule has 2 aliphatic rings. The maximum Gasteiger partial charge on any atom is 0.0413 e. The van der Waals surface area contributed by atoms with Gasteiger partial charge in [-0.1, -0.05) is 89.8 Å². The van der Waals surface area contributed by atoms with E-state index in [4.69, 9.17) is 23.2 Å². The first kappa shape index (κ1) is 21.5. The second kappa shape index (κ2) is 11.1. The van der Waals surface area contributed by atoms with Crippen LogP contribution < -0.4 is 0 Å². The zero-order valence-corrected chi connectivity index (χ0v) is 18.4. The second-order valence-corrected chi connectivity index (χ2v) is 9.15. The van der Waals surface area contributed by atoms with Crippen LogP contribution in [0.25, 0.3) is 0 Å². The Balaban J connectivity index is 1.48. The summed E-state index contributed by atoms with van der Waals surface area (Å²) in [5.41, 5.74) is 5.41. The highest BCUT2D eigenvalue weighted by molar-refractivity contribution is 6.35. The Labute approximate surface area is 181 Å². The molecule has 2 aliphatic carbocycles. The molecule has 0 fully saturated rings. The Bertz CT molecular complexity index is 752. The van der Waals surface area contributed by atoms with Crippen molar-refractivity contribution in [3.63, 3.8) is 0 Å². The van der Waals surface area contributed by atoms with Crippen molar-refractivity contribution in [1.82, 2.24) is 0 Å². The lowest BCUT2D eigenvalue weighted by Crippen LogP contribution is -2.05. The quantitative estimate of drug-likeness (QED) is 0.407. The van der Waals surface area contributed by atoms with Gasteiger partial charge < -0.3 is 0 Å². The lowest BCUT2D eigenvalue weighted by molar-refractivity contribution is 0.403. The fraction of sp³-hybridized carbons (Fsp3) is 0.462. The number of hydrogen-bond donors (Lipinski definition) is 0. The Morgan fingerprint density at radius 2 is 1.79 bits per heavy atom. The summed E-state index contributed by atoms with van der Waals surface area (Å²) in [6.07, 6.45) is 17.2. The largest absolute Gasteiger partial charge is 0.0992 e. The van der Waals surface area contributed by atoms with Gasteiger partial charge in [-0.2, -0.15) is 0 Å². The molecule has 1 aromatic carbocycles.